The van der Waals surface area contributed by atoms with Crippen LogP contribution in [0.15, 0.2) is 22.9 Å². The van der Waals surface area contributed by atoms with Crippen molar-refractivity contribution < 1.29 is 21.6 Å². The van der Waals surface area contributed by atoms with Gasteiger partial charge in [0, 0.05) is 24.0 Å². The standard InChI is InChI=1S/C10H13BrN2O/c11-10-2-1-8(7-12-10)13-5-3-9(14)4-6-13/h1-2,7,9,14H,3-6H2/i1D,2D,3D2,4D2,5D2,6D2,7D,9D. The van der Waals surface area contributed by atoms with Gasteiger partial charge in [0.05, 0.1) is 23.4 Å². The summed E-state index contributed by atoms with van der Waals surface area (Å²) in [7, 11) is 0. The molecule has 0 saturated carbocycles. The van der Waals surface area contributed by atoms with Gasteiger partial charge in [-0.2, -0.15) is 0 Å². The van der Waals surface area contributed by atoms with Crippen molar-refractivity contribution in [1.29, 1.82) is 0 Å². The molecule has 0 aliphatic carbocycles. The van der Waals surface area contributed by atoms with E-state index < -0.39 is 55.8 Å². The van der Waals surface area contributed by atoms with E-state index in [-0.39, 0.29) is 9.50 Å². The summed E-state index contributed by atoms with van der Waals surface area (Å²) in [6.07, 6.45) is -12.1. The van der Waals surface area contributed by atoms with Gasteiger partial charge in [-0.3, -0.25) is 0 Å². The predicted octanol–water partition coefficient (Wildman–Crippen LogP) is 1.81. The van der Waals surface area contributed by atoms with Crippen molar-refractivity contribution in [3.63, 3.8) is 0 Å². The van der Waals surface area contributed by atoms with E-state index in [0.717, 1.165) is 0 Å². The van der Waals surface area contributed by atoms with E-state index in [4.69, 9.17) is 16.4 Å². The molecule has 0 spiro atoms. The average molecular weight is 269 g/mol. The highest BCUT2D eigenvalue weighted by atomic mass is 79.9. The van der Waals surface area contributed by atoms with Crippen LogP contribution in [0.3, 0.4) is 0 Å². The lowest BCUT2D eigenvalue weighted by Crippen LogP contribution is -2.35. The molecule has 1 fully saturated rings. The second-order valence-electron chi connectivity index (χ2n) is 2.27. The van der Waals surface area contributed by atoms with Gasteiger partial charge in [0.1, 0.15) is 4.60 Å². The fraction of sp³-hybridized carbons (Fsp3) is 0.500. The minimum absolute atomic E-state index is 0.162. The van der Waals surface area contributed by atoms with Crippen LogP contribution in [0.5, 0.6) is 0 Å². The molecule has 3 nitrogen and oxygen atoms in total. The van der Waals surface area contributed by atoms with Crippen LogP contribution in [0.25, 0.3) is 0 Å². The second-order valence-corrected chi connectivity index (χ2v) is 3.02. The van der Waals surface area contributed by atoms with E-state index in [1.54, 1.807) is 0 Å². The Kier molecular flexibility index (Phi) is 0.901. The maximum absolute atomic E-state index is 10.1. The highest BCUT2D eigenvalue weighted by molar-refractivity contribution is 9.10. The molecule has 1 aliphatic heterocycles. The Labute approximate surface area is 109 Å². The zero-order chi connectivity index (χ0) is 20.7. The fourth-order valence-electron chi connectivity index (χ4n) is 0.763. The molecule has 14 heavy (non-hydrogen) atoms. The normalized spacial score (nSPS) is 47.7. The van der Waals surface area contributed by atoms with Crippen molar-refractivity contribution in [2.24, 2.45) is 0 Å². The SMILES string of the molecule is [2H]c1nc(Br)c([2H])c([2H])c1N1C([2H])([2H])C([2H])([2H])C([2H])(O)C([2H])([2H])C1([2H])[2H]. The van der Waals surface area contributed by atoms with Gasteiger partial charge in [0.25, 0.3) is 0 Å². The summed E-state index contributed by atoms with van der Waals surface area (Å²) < 4.78 is 93.9. The fourth-order valence-corrected chi connectivity index (χ4v) is 0.951. The maximum atomic E-state index is 10.1. The molecule has 0 aromatic carbocycles. The Hall–Kier alpha value is -0.610. The molecule has 1 saturated heterocycles. The maximum Gasteiger partial charge on any atom is 0.106 e. The minimum Gasteiger partial charge on any atom is -0.393 e. The summed E-state index contributed by atoms with van der Waals surface area (Å²) in [6.45, 7) is -7.15. The third-order valence-corrected chi connectivity index (χ3v) is 1.72. The summed E-state index contributed by atoms with van der Waals surface area (Å²) in [6, 6.07) is -1.55. The number of rotatable bonds is 1. The number of aromatic nitrogens is 1. The Morgan fingerprint density at radius 1 is 1.64 bits per heavy atom. The quantitative estimate of drug-likeness (QED) is 0.790. The molecule has 1 aromatic heterocycles. The molecular formula is C10H13BrN2O. The van der Waals surface area contributed by atoms with E-state index >= 15 is 0 Å². The monoisotopic (exact) mass is 268 g/mol. The van der Waals surface area contributed by atoms with Gasteiger partial charge in [0.15, 0.2) is 0 Å². The van der Waals surface area contributed by atoms with Gasteiger partial charge >= 0.3 is 0 Å². The number of hydrogen-bond donors (Lipinski definition) is 1. The molecule has 0 atom stereocenters. The van der Waals surface area contributed by atoms with Crippen molar-refractivity contribution >= 4 is 21.6 Å². The van der Waals surface area contributed by atoms with Crippen molar-refractivity contribution in [3.8, 4) is 0 Å². The predicted molar refractivity (Wildman–Crippen MR) is 59.4 cm³/mol. The van der Waals surface area contributed by atoms with Crippen LogP contribution in [-0.4, -0.2) is 29.2 Å². The van der Waals surface area contributed by atoms with Crippen LogP contribution < -0.4 is 4.90 Å². The van der Waals surface area contributed by atoms with Crippen LogP contribution >= 0.6 is 15.9 Å². The van der Waals surface area contributed by atoms with Crippen molar-refractivity contribution in [2.45, 2.75) is 18.8 Å². The molecule has 2 rings (SSSR count). The molecule has 0 amide bonds. The van der Waals surface area contributed by atoms with Gasteiger partial charge in [0.2, 0.25) is 0 Å². The number of piperidine rings is 1. The Balaban J connectivity index is 2.95. The lowest BCUT2D eigenvalue weighted by molar-refractivity contribution is 0.145. The summed E-state index contributed by atoms with van der Waals surface area (Å²) in [5.41, 5.74) is -0.976. The van der Waals surface area contributed by atoms with Crippen molar-refractivity contribution in [1.82, 2.24) is 4.98 Å². The number of hydrogen-bond acceptors (Lipinski definition) is 3. The van der Waals surface area contributed by atoms with E-state index in [1.807, 2.05) is 0 Å². The summed E-state index contributed by atoms with van der Waals surface area (Å²) >= 11 is 2.81. The first-order valence-corrected chi connectivity index (χ1v) is 4.32. The van der Waals surface area contributed by atoms with E-state index in [9.17, 15) is 5.11 Å². The van der Waals surface area contributed by atoms with Crippen molar-refractivity contribution in [2.75, 3.05) is 17.9 Å². The van der Waals surface area contributed by atoms with Crippen LogP contribution in [-0.2, 0) is 0 Å². The average Bonchev–Trinajstić information content (AvgIpc) is 2.47. The number of pyridine rings is 1. The van der Waals surface area contributed by atoms with Gasteiger partial charge in [-0.1, -0.05) is 0 Å². The van der Waals surface area contributed by atoms with Gasteiger partial charge in [-0.15, -0.1) is 0 Å². The lowest BCUT2D eigenvalue weighted by atomic mass is 10.1. The highest BCUT2D eigenvalue weighted by Gasteiger charge is 2.16. The molecule has 1 aromatic rings. The second kappa shape index (κ2) is 4.28. The Morgan fingerprint density at radius 3 is 3.07 bits per heavy atom. The lowest BCUT2D eigenvalue weighted by Gasteiger charge is -2.31. The molecular weight excluding hydrogens is 244 g/mol. The zero-order valence-corrected chi connectivity index (χ0v) is 8.31. The first-order chi connectivity index (χ1) is 11.4. The third-order valence-electron chi connectivity index (χ3n) is 1.34. The largest absolute Gasteiger partial charge is 0.393 e. The molecule has 0 bridgehead atoms. The summed E-state index contributed by atoms with van der Waals surface area (Å²) in [5, 5.41) is 10.1. The Bertz CT molecular complexity index is 737. The third kappa shape index (κ3) is 2.25. The summed E-state index contributed by atoms with van der Waals surface area (Å²) in [4.78, 5) is 3.36. The van der Waals surface area contributed by atoms with Gasteiger partial charge in [-0.25, -0.2) is 4.98 Å². The van der Waals surface area contributed by atoms with Crippen LogP contribution in [0, 0.1) is 0 Å². The van der Waals surface area contributed by atoms with E-state index in [2.05, 4.69) is 20.9 Å². The number of halogens is 1. The topological polar surface area (TPSA) is 36.4 Å². The van der Waals surface area contributed by atoms with Crippen LogP contribution in [0.1, 0.15) is 29.2 Å². The number of anilines is 1. The molecule has 1 N–H and O–H groups in total. The minimum atomic E-state index is -3.85. The zero-order valence-electron chi connectivity index (χ0n) is 18.7. The molecule has 0 radical (unpaired) electrons. The van der Waals surface area contributed by atoms with Gasteiger partial charge in [-0.05, 0) is 40.8 Å². The van der Waals surface area contributed by atoms with Gasteiger partial charge < -0.3 is 10.0 Å². The summed E-state index contributed by atoms with van der Waals surface area (Å²) in [5.74, 6) is 0. The first kappa shape index (κ1) is 2.95. The smallest absolute Gasteiger partial charge is 0.106 e. The van der Waals surface area contributed by atoms with Crippen molar-refractivity contribution in [3.05, 3.63) is 22.9 Å². The molecule has 0 unspecified atom stereocenters. The van der Waals surface area contributed by atoms with Crippen LogP contribution in [0.2, 0.25) is 0 Å². The number of nitrogens with zero attached hydrogens (tertiary/aromatic N) is 2. The highest BCUT2D eigenvalue weighted by Crippen LogP contribution is 2.20. The van der Waals surface area contributed by atoms with E-state index in [1.165, 1.54) is 0 Å². The van der Waals surface area contributed by atoms with Crippen LogP contribution in [0.4, 0.5) is 5.69 Å². The first-order valence-electron chi connectivity index (χ1n) is 9.53. The molecule has 76 valence electrons. The Morgan fingerprint density at radius 2 is 2.36 bits per heavy atom. The number of aliphatic hydroxyl groups is 1. The van der Waals surface area contributed by atoms with E-state index in [0.29, 0.717) is 0 Å². The molecule has 4 heteroatoms. The molecule has 2 heterocycles. The molecule has 1 aliphatic rings.